The van der Waals surface area contributed by atoms with Crippen molar-refractivity contribution >= 4 is 40.0 Å². The van der Waals surface area contributed by atoms with Gasteiger partial charge >= 0.3 is 6.03 Å². The molecule has 0 bridgehead atoms. The molecule has 3 N–H and O–H groups in total. The molecule has 7 heteroatoms. The van der Waals surface area contributed by atoms with Gasteiger partial charge < -0.3 is 25.2 Å². The number of aliphatic hydroxyl groups excluding tert-OH is 1. The normalized spacial score (nSPS) is 10.3. The summed E-state index contributed by atoms with van der Waals surface area (Å²) in [7, 11) is 1.61. The van der Waals surface area contributed by atoms with Gasteiger partial charge in [-0.05, 0) is 83.1 Å². The Bertz CT molecular complexity index is 1080. The van der Waals surface area contributed by atoms with Gasteiger partial charge in [-0.1, -0.05) is 30.3 Å². The lowest BCUT2D eigenvalue weighted by atomic mass is 10.0. The maximum atomic E-state index is 12.6. The average Bonchev–Trinajstić information content (AvgIpc) is 2.75. The van der Waals surface area contributed by atoms with E-state index in [4.69, 9.17) is 9.47 Å². The zero-order valence-electron chi connectivity index (χ0n) is 17.0. The molecule has 160 valence electrons. The topological polar surface area (TPSA) is 79.8 Å². The molecule has 0 unspecified atom stereocenters. The Hall–Kier alpha value is -3.04. The summed E-state index contributed by atoms with van der Waals surface area (Å²) in [6.45, 7) is 3.81. The third kappa shape index (κ3) is 6.22. The Morgan fingerprint density at radius 2 is 1.87 bits per heavy atom. The van der Waals surface area contributed by atoms with Crippen molar-refractivity contribution in [2.24, 2.45) is 0 Å². The van der Waals surface area contributed by atoms with Gasteiger partial charge in [0.05, 0.1) is 7.11 Å². The number of anilines is 2. The fraction of sp³-hybridized carbons (Fsp3) is 0.125. The molecule has 0 spiro atoms. The van der Waals surface area contributed by atoms with Crippen LogP contribution in [0.3, 0.4) is 0 Å². The minimum absolute atomic E-state index is 0.0109. The van der Waals surface area contributed by atoms with Crippen molar-refractivity contribution in [2.45, 2.75) is 6.42 Å². The van der Waals surface area contributed by atoms with Crippen molar-refractivity contribution in [3.63, 3.8) is 0 Å². The van der Waals surface area contributed by atoms with Gasteiger partial charge in [0.2, 0.25) is 0 Å². The summed E-state index contributed by atoms with van der Waals surface area (Å²) < 4.78 is 11.6. The van der Waals surface area contributed by atoms with Gasteiger partial charge in [-0.15, -0.1) is 0 Å². The van der Waals surface area contributed by atoms with Gasteiger partial charge in [-0.3, -0.25) is 0 Å². The van der Waals surface area contributed by atoms with Crippen LogP contribution in [0.1, 0.15) is 5.56 Å². The summed E-state index contributed by atoms with van der Waals surface area (Å²) in [4.78, 5) is 12.6. The number of urea groups is 1. The number of hydrogen-bond donors (Lipinski definition) is 3. The summed E-state index contributed by atoms with van der Waals surface area (Å²) in [5, 5.41) is 14.9. The zero-order valence-corrected chi connectivity index (χ0v) is 19.2. The number of ether oxygens (including phenoxy) is 2. The lowest BCUT2D eigenvalue weighted by molar-refractivity contribution is 0.262. The third-order valence-corrected chi connectivity index (χ3v) is 4.71. The quantitative estimate of drug-likeness (QED) is 0.253. The molecule has 0 saturated carbocycles. The Balaban J connectivity index is 1.83. The van der Waals surface area contributed by atoms with Crippen LogP contribution in [0.5, 0.6) is 11.5 Å². The van der Waals surface area contributed by atoms with E-state index in [1.54, 1.807) is 19.2 Å². The van der Waals surface area contributed by atoms with Gasteiger partial charge in [0.15, 0.2) is 3.77 Å². The van der Waals surface area contributed by atoms with Crippen molar-refractivity contribution in [1.29, 1.82) is 0 Å². The summed E-state index contributed by atoms with van der Waals surface area (Å²) in [6, 6.07) is 20.0. The molecule has 3 rings (SSSR count). The van der Waals surface area contributed by atoms with Gasteiger partial charge in [-0.25, -0.2) is 4.79 Å². The molecule has 0 radical (unpaired) electrons. The smallest absolute Gasteiger partial charge is 0.323 e. The molecule has 0 saturated heterocycles. The minimum Gasteiger partial charge on any atom is -0.497 e. The number of amides is 2. The number of carbonyl (C=O) groups is 1. The van der Waals surface area contributed by atoms with Crippen LogP contribution in [0.15, 0.2) is 77.1 Å². The Morgan fingerprint density at radius 1 is 1.06 bits per heavy atom. The number of para-hydroxylation sites is 1. The molecule has 0 fully saturated rings. The van der Waals surface area contributed by atoms with Crippen LogP contribution in [-0.2, 0) is 6.42 Å². The highest BCUT2D eigenvalue weighted by molar-refractivity contribution is 14.1. The number of rotatable bonds is 8. The third-order valence-electron chi connectivity index (χ3n) is 4.49. The molecule has 6 nitrogen and oxygen atoms in total. The number of aliphatic hydroxyl groups is 1. The highest BCUT2D eigenvalue weighted by Crippen LogP contribution is 2.36. The molecule has 0 aliphatic rings. The van der Waals surface area contributed by atoms with E-state index in [1.807, 2.05) is 77.2 Å². The van der Waals surface area contributed by atoms with Gasteiger partial charge in [-0.2, -0.15) is 0 Å². The lowest BCUT2D eigenvalue weighted by Crippen LogP contribution is -2.20. The number of nitrogens with one attached hydrogen (secondary N) is 2. The first-order valence-corrected chi connectivity index (χ1v) is 10.7. The van der Waals surface area contributed by atoms with Crippen molar-refractivity contribution in [1.82, 2.24) is 0 Å². The number of benzene rings is 3. The van der Waals surface area contributed by atoms with Crippen LogP contribution in [0.2, 0.25) is 0 Å². The van der Waals surface area contributed by atoms with Crippen LogP contribution < -0.4 is 20.1 Å². The van der Waals surface area contributed by atoms with E-state index in [2.05, 4.69) is 17.2 Å². The van der Waals surface area contributed by atoms with Crippen LogP contribution in [0.25, 0.3) is 11.1 Å². The predicted octanol–water partition coefficient (Wildman–Crippen LogP) is 5.83. The van der Waals surface area contributed by atoms with E-state index < -0.39 is 0 Å². The summed E-state index contributed by atoms with van der Waals surface area (Å²) in [6.07, 6.45) is 0.465. The number of hydrogen-bond acceptors (Lipinski definition) is 4. The van der Waals surface area contributed by atoms with E-state index in [-0.39, 0.29) is 12.6 Å². The highest BCUT2D eigenvalue weighted by Gasteiger charge is 2.12. The molecule has 0 heterocycles. The number of halogens is 1. The molecule has 2 amide bonds. The predicted molar refractivity (Wildman–Crippen MR) is 132 cm³/mol. The van der Waals surface area contributed by atoms with E-state index in [0.717, 1.165) is 16.7 Å². The fourth-order valence-electron chi connectivity index (χ4n) is 3.10. The van der Waals surface area contributed by atoms with Crippen LogP contribution >= 0.6 is 22.6 Å². The van der Waals surface area contributed by atoms with E-state index in [1.165, 1.54) is 0 Å². The number of carbonyl (C=O) groups excluding carboxylic acids is 1. The van der Waals surface area contributed by atoms with Crippen LogP contribution in [0, 0.1) is 0 Å². The molecule has 0 aromatic heterocycles. The van der Waals surface area contributed by atoms with E-state index in [9.17, 15) is 9.90 Å². The van der Waals surface area contributed by atoms with Gasteiger partial charge in [0.25, 0.3) is 0 Å². The second-order valence-electron chi connectivity index (χ2n) is 6.61. The molecule has 3 aromatic carbocycles. The molecular formula is C24H23IN2O4. The average molecular weight is 530 g/mol. The SMILES string of the molecule is C=C(I)Oc1ccc(OC)cc1-c1cccc(NC(=O)Nc2ccccc2CCO)c1. The fourth-order valence-corrected chi connectivity index (χ4v) is 3.34. The summed E-state index contributed by atoms with van der Waals surface area (Å²) in [5.41, 5.74) is 3.82. The molecule has 0 atom stereocenters. The number of methoxy groups -OCH3 is 1. The van der Waals surface area contributed by atoms with Crippen molar-refractivity contribution in [2.75, 3.05) is 24.4 Å². The Morgan fingerprint density at radius 3 is 2.61 bits per heavy atom. The first kappa shape index (κ1) is 22.6. The largest absolute Gasteiger partial charge is 0.497 e. The summed E-state index contributed by atoms with van der Waals surface area (Å²) >= 11 is 2.01. The monoisotopic (exact) mass is 530 g/mol. The Kier molecular flexibility index (Phi) is 7.91. The summed E-state index contributed by atoms with van der Waals surface area (Å²) in [5.74, 6) is 1.33. The zero-order chi connectivity index (χ0) is 22.2. The standard InChI is InChI=1S/C24H23IN2O4/c1-16(25)31-23-11-10-20(30-2)15-21(23)18-7-5-8-19(14-18)26-24(29)27-22-9-4-3-6-17(22)12-13-28/h3-11,14-15,28H,1,12-13H2,2H3,(H2,26,27,29). The van der Waals surface area contributed by atoms with Crippen LogP contribution in [0.4, 0.5) is 16.2 Å². The first-order valence-electron chi connectivity index (χ1n) is 9.57. The lowest BCUT2D eigenvalue weighted by Gasteiger charge is -2.14. The van der Waals surface area contributed by atoms with Crippen molar-refractivity contribution in [3.05, 3.63) is 82.6 Å². The van der Waals surface area contributed by atoms with E-state index >= 15 is 0 Å². The minimum atomic E-state index is -0.370. The molecule has 3 aromatic rings. The second-order valence-corrected chi connectivity index (χ2v) is 7.81. The molecule has 31 heavy (non-hydrogen) atoms. The van der Waals surface area contributed by atoms with Gasteiger partial charge in [0, 0.05) is 23.5 Å². The van der Waals surface area contributed by atoms with Crippen molar-refractivity contribution in [3.8, 4) is 22.6 Å². The molecule has 0 aliphatic heterocycles. The van der Waals surface area contributed by atoms with Crippen molar-refractivity contribution < 1.29 is 19.4 Å². The maximum absolute atomic E-state index is 12.6. The first-order chi connectivity index (χ1) is 15.0. The molecular weight excluding hydrogens is 507 g/mol. The molecule has 0 aliphatic carbocycles. The van der Waals surface area contributed by atoms with E-state index in [0.29, 0.717) is 33.1 Å². The second kappa shape index (κ2) is 10.8. The van der Waals surface area contributed by atoms with Crippen LogP contribution in [-0.4, -0.2) is 24.9 Å². The highest BCUT2D eigenvalue weighted by atomic mass is 127. The van der Waals surface area contributed by atoms with Gasteiger partial charge in [0.1, 0.15) is 11.5 Å². The Labute approximate surface area is 195 Å². The maximum Gasteiger partial charge on any atom is 0.323 e.